The van der Waals surface area contributed by atoms with E-state index in [0.717, 1.165) is 17.1 Å². The molecular formula is C22H29N3O2S2. The van der Waals surface area contributed by atoms with Crippen molar-refractivity contribution >= 4 is 40.0 Å². The lowest BCUT2D eigenvalue weighted by Gasteiger charge is -2.21. The second-order valence-corrected chi connectivity index (χ2v) is 9.65. The smallest absolute Gasteiger partial charge is 0.258 e. The molecule has 1 aromatic carbocycles. The summed E-state index contributed by atoms with van der Waals surface area (Å²) >= 11 is 2.83. The third-order valence-electron chi connectivity index (χ3n) is 5.14. The van der Waals surface area contributed by atoms with Gasteiger partial charge in [0.15, 0.2) is 5.13 Å². The summed E-state index contributed by atoms with van der Waals surface area (Å²) in [5.41, 5.74) is 1.54. The Hall–Kier alpha value is -1.86. The van der Waals surface area contributed by atoms with Gasteiger partial charge in [0.1, 0.15) is 0 Å². The van der Waals surface area contributed by atoms with Crippen molar-refractivity contribution in [2.75, 3.05) is 17.6 Å². The van der Waals surface area contributed by atoms with Gasteiger partial charge in [0.2, 0.25) is 5.91 Å². The Labute approximate surface area is 181 Å². The van der Waals surface area contributed by atoms with E-state index in [9.17, 15) is 9.59 Å². The molecule has 2 amide bonds. The zero-order valence-electron chi connectivity index (χ0n) is 17.1. The number of aromatic nitrogens is 1. The van der Waals surface area contributed by atoms with E-state index in [2.05, 4.69) is 29.5 Å². The molecule has 1 aliphatic rings. The van der Waals surface area contributed by atoms with Crippen molar-refractivity contribution in [1.29, 1.82) is 0 Å². The number of nitrogens with zero attached hydrogens (tertiary/aromatic N) is 1. The topological polar surface area (TPSA) is 71.1 Å². The minimum Gasteiger partial charge on any atom is -0.355 e. The van der Waals surface area contributed by atoms with Gasteiger partial charge in [-0.1, -0.05) is 45.2 Å². The lowest BCUT2D eigenvalue weighted by molar-refractivity contribution is -0.118. The van der Waals surface area contributed by atoms with Gasteiger partial charge in [-0.05, 0) is 36.8 Å². The molecule has 29 heavy (non-hydrogen) atoms. The molecule has 5 nitrogen and oxygen atoms in total. The van der Waals surface area contributed by atoms with Gasteiger partial charge in [-0.2, -0.15) is 0 Å². The number of amides is 2. The van der Waals surface area contributed by atoms with Crippen LogP contribution in [0.15, 0.2) is 34.5 Å². The van der Waals surface area contributed by atoms with Gasteiger partial charge in [-0.3, -0.25) is 14.9 Å². The highest BCUT2D eigenvalue weighted by molar-refractivity contribution is 8.00. The highest BCUT2D eigenvalue weighted by Crippen LogP contribution is 2.26. The average Bonchev–Trinajstić information content (AvgIpc) is 3.20. The number of thiazole rings is 1. The Bertz CT molecular complexity index is 829. The molecule has 0 bridgehead atoms. The van der Waals surface area contributed by atoms with Gasteiger partial charge >= 0.3 is 0 Å². The molecule has 156 valence electrons. The average molecular weight is 432 g/mol. The standard InChI is InChI=1S/C22H29N3O2S2/c1-15(2)18-13-29-22(24-18)25-21(27)17-10-6-7-11-19(17)28-14-20(26)23-12-16-8-4-3-5-9-16/h6-7,10-11,13,15-16H,3-5,8-9,12,14H2,1-2H3,(H,23,26)(H,24,25,27). The molecule has 1 heterocycles. The predicted molar refractivity (Wildman–Crippen MR) is 121 cm³/mol. The lowest BCUT2D eigenvalue weighted by atomic mass is 9.89. The first kappa shape index (κ1) is 21.8. The van der Waals surface area contributed by atoms with E-state index < -0.39 is 0 Å². The largest absolute Gasteiger partial charge is 0.355 e. The van der Waals surface area contributed by atoms with Crippen molar-refractivity contribution in [3.05, 3.63) is 40.9 Å². The molecule has 0 atom stereocenters. The van der Waals surface area contributed by atoms with Crippen LogP contribution < -0.4 is 10.6 Å². The van der Waals surface area contributed by atoms with Crippen LogP contribution in [0.1, 0.15) is 67.9 Å². The predicted octanol–water partition coefficient (Wildman–Crippen LogP) is 5.31. The van der Waals surface area contributed by atoms with Gasteiger partial charge in [0.05, 0.1) is 17.0 Å². The molecule has 0 saturated heterocycles. The van der Waals surface area contributed by atoms with E-state index >= 15 is 0 Å². The fourth-order valence-electron chi connectivity index (χ4n) is 3.40. The number of carbonyl (C=O) groups excluding carboxylic acids is 2. The third-order valence-corrected chi connectivity index (χ3v) is 6.99. The van der Waals surface area contributed by atoms with Gasteiger partial charge < -0.3 is 5.32 Å². The minimum absolute atomic E-state index is 0.0253. The maximum absolute atomic E-state index is 12.7. The van der Waals surface area contributed by atoms with Crippen LogP contribution in [-0.4, -0.2) is 29.1 Å². The first-order valence-electron chi connectivity index (χ1n) is 10.3. The Morgan fingerprint density at radius 3 is 2.69 bits per heavy atom. The van der Waals surface area contributed by atoms with E-state index in [-0.39, 0.29) is 11.8 Å². The Morgan fingerprint density at radius 2 is 1.97 bits per heavy atom. The summed E-state index contributed by atoms with van der Waals surface area (Å²) in [6.45, 7) is 4.92. The first-order valence-corrected chi connectivity index (χ1v) is 12.1. The number of thioether (sulfide) groups is 1. The van der Waals surface area contributed by atoms with E-state index in [1.165, 1.54) is 55.2 Å². The number of hydrogen-bond donors (Lipinski definition) is 2. The quantitative estimate of drug-likeness (QED) is 0.556. The fourth-order valence-corrected chi connectivity index (χ4v) is 5.14. The highest BCUT2D eigenvalue weighted by atomic mass is 32.2. The number of nitrogens with one attached hydrogen (secondary N) is 2. The van der Waals surface area contributed by atoms with Crippen LogP contribution >= 0.6 is 23.1 Å². The van der Waals surface area contributed by atoms with E-state index in [0.29, 0.717) is 28.3 Å². The minimum atomic E-state index is -0.194. The van der Waals surface area contributed by atoms with Gasteiger partial charge in [0.25, 0.3) is 5.91 Å². The van der Waals surface area contributed by atoms with Crippen molar-refractivity contribution in [3.63, 3.8) is 0 Å². The first-order chi connectivity index (χ1) is 14.0. The van der Waals surface area contributed by atoms with Crippen LogP contribution in [0.4, 0.5) is 5.13 Å². The van der Waals surface area contributed by atoms with Crippen LogP contribution in [0, 0.1) is 5.92 Å². The van der Waals surface area contributed by atoms with Gasteiger partial charge in [-0.25, -0.2) is 4.98 Å². The van der Waals surface area contributed by atoms with E-state index in [4.69, 9.17) is 0 Å². The Morgan fingerprint density at radius 1 is 1.21 bits per heavy atom. The molecule has 1 aliphatic carbocycles. The van der Waals surface area contributed by atoms with Crippen LogP contribution in [0.3, 0.4) is 0 Å². The van der Waals surface area contributed by atoms with Crippen LogP contribution in [0.2, 0.25) is 0 Å². The van der Waals surface area contributed by atoms with Crippen LogP contribution in [-0.2, 0) is 4.79 Å². The van der Waals surface area contributed by atoms with Crippen LogP contribution in [0.25, 0.3) is 0 Å². The van der Waals surface area contributed by atoms with E-state index in [1.54, 1.807) is 6.07 Å². The number of benzene rings is 1. The van der Waals surface area contributed by atoms with Crippen molar-refractivity contribution in [1.82, 2.24) is 10.3 Å². The van der Waals surface area contributed by atoms with Gasteiger partial charge in [-0.15, -0.1) is 23.1 Å². The molecule has 1 saturated carbocycles. The number of anilines is 1. The Balaban J connectivity index is 1.53. The Kier molecular flexibility index (Phi) is 8.12. The van der Waals surface area contributed by atoms with Crippen molar-refractivity contribution in [2.24, 2.45) is 5.92 Å². The summed E-state index contributed by atoms with van der Waals surface area (Å²) in [5.74, 6) is 1.08. The summed E-state index contributed by atoms with van der Waals surface area (Å²) in [6, 6.07) is 7.40. The molecule has 0 spiro atoms. The molecule has 3 rings (SSSR count). The fraction of sp³-hybridized carbons (Fsp3) is 0.500. The summed E-state index contributed by atoms with van der Waals surface area (Å²) in [7, 11) is 0. The SMILES string of the molecule is CC(C)c1csc(NC(=O)c2ccccc2SCC(=O)NCC2CCCCC2)n1. The molecule has 1 aromatic heterocycles. The molecule has 1 fully saturated rings. The van der Waals surface area contributed by atoms with Crippen molar-refractivity contribution in [3.8, 4) is 0 Å². The maximum atomic E-state index is 12.7. The molecule has 0 unspecified atom stereocenters. The zero-order valence-corrected chi connectivity index (χ0v) is 18.7. The molecular weight excluding hydrogens is 402 g/mol. The van der Waals surface area contributed by atoms with Crippen molar-refractivity contribution < 1.29 is 9.59 Å². The molecule has 7 heteroatoms. The number of hydrogen-bond acceptors (Lipinski definition) is 5. The highest BCUT2D eigenvalue weighted by Gasteiger charge is 2.17. The summed E-state index contributed by atoms with van der Waals surface area (Å²) < 4.78 is 0. The molecule has 2 N–H and O–H groups in total. The second-order valence-electron chi connectivity index (χ2n) is 7.78. The summed E-state index contributed by atoms with van der Waals surface area (Å²) in [6.07, 6.45) is 6.29. The van der Waals surface area contributed by atoms with Crippen molar-refractivity contribution in [2.45, 2.75) is 56.8 Å². The summed E-state index contributed by atoms with van der Waals surface area (Å²) in [5, 5.41) is 8.51. The van der Waals surface area contributed by atoms with Gasteiger partial charge in [0, 0.05) is 16.8 Å². The second kappa shape index (κ2) is 10.8. The molecule has 2 aromatic rings. The normalized spacial score (nSPS) is 14.7. The lowest BCUT2D eigenvalue weighted by Crippen LogP contribution is -2.31. The number of carbonyl (C=O) groups is 2. The van der Waals surface area contributed by atoms with Crippen LogP contribution in [0.5, 0.6) is 0 Å². The maximum Gasteiger partial charge on any atom is 0.258 e. The molecule has 0 aliphatic heterocycles. The number of rotatable bonds is 8. The molecule has 0 radical (unpaired) electrons. The third kappa shape index (κ3) is 6.57. The van der Waals surface area contributed by atoms with E-state index in [1.807, 2.05) is 23.6 Å². The monoisotopic (exact) mass is 431 g/mol. The zero-order chi connectivity index (χ0) is 20.6. The summed E-state index contributed by atoms with van der Waals surface area (Å²) in [4.78, 5) is 30.3.